The monoisotopic (exact) mass is 235 g/mol. The number of aromatic nitrogens is 2. The van der Waals surface area contributed by atoms with Crippen LogP contribution in [0, 0.1) is 11.8 Å². The highest BCUT2D eigenvalue weighted by Gasteiger charge is 2.25. The third-order valence-electron chi connectivity index (χ3n) is 4.29. The second-order valence-corrected chi connectivity index (χ2v) is 5.54. The molecule has 0 radical (unpaired) electrons. The van der Waals surface area contributed by atoms with Gasteiger partial charge in [0.05, 0.1) is 5.69 Å². The molecule has 1 heterocycles. The average molecular weight is 235 g/mol. The van der Waals surface area contributed by atoms with Gasteiger partial charge in [-0.2, -0.15) is 5.10 Å². The van der Waals surface area contributed by atoms with Crippen molar-refractivity contribution in [3.05, 3.63) is 18.0 Å². The summed E-state index contributed by atoms with van der Waals surface area (Å²) >= 11 is 0. The molecule has 1 aromatic rings. The van der Waals surface area contributed by atoms with Crippen molar-refractivity contribution in [3.63, 3.8) is 0 Å². The Morgan fingerprint density at radius 2 is 2.12 bits per heavy atom. The minimum atomic E-state index is 0.294. The maximum Gasteiger partial charge on any atom is 0.0640 e. The summed E-state index contributed by atoms with van der Waals surface area (Å²) in [6.45, 7) is 2.30. The van der Waals surface area contributed by atoms with Gasteiger partial charge >= 0.3 is 0 Å². The second-order valence-electron chi connectivity index (χ2n) is 5.54. The van der Waals surface area contributed by atoms with E-state index in [1.165, 1.54) is 32.1 Å². The Morgan fingerprint density at radius 3 is 2.65 bits per heavy atom. The fourth-order valence-electron chi connectivity index (χ4n) is 3.00. The van der Waals surface area contributed by atoms with E-state index in [-0.39, 0.29) is 0 Å². The van der Waals surface area contributed by atoms with Crippen LogP contribution in [-0.2, 0) is 13.5 Å². The summed E-state index contributed by atoms with van der Waals surface area (Å²) in [7, 11) is 1.96. The largest absolute Gasteiger partial charge is 0.327 e. The van der Waals surface area contributed by atoms with E-state index in [1.54, 1.807) is 0 Å². The lowest BCUT2D eigenvalue weighted by molar-refractivity contribution is 0.237. The summed E-state index contributed by atoms with van der Waals surface area (Å²) in [6.07, 6.45) is 9.63. The standard InChI is InChI=1S/C14H25N3/c1-3-11-4-6-12(7-5-11)14(15)10-13-8-9-17(2)16-13/h8-9,11-12,14H,3-7,10,15H2,1-2H3. The summed E-state index contributed by atoms with van der Waals surface area (Å²) in [5, 5.41) is 4.41. The number of aryl methyl sites for hydroxylation is 1. The molecule has 1 unspecified atom stereocenters. The Kier molecular flexibility index (Phi) is 4.21. The van der Waals surface area contributed by atoms with Gasteiger partial charge in [-0.1, -0.05) is 26.2 Å². The van der Waals surface area contributed by atoms with Crippen molar-refractivity contribution in [3.8, 4) is 0 Å². The summed E-state index contributed by atoms with van der Waals surface area (Å²) in [5.41, 5.74) is 7.46. The first kappa shape index (κ1) is 12.6. The van der Waals surface area contributed by atoms with Gasteiger partial charge in [-0.15, -0.1) is 0 Å². The predicted molar refractivity (Wildman–Crippen MR) is 70.6 cm³/mol. The first-order valence-electron chi connectivity index (χ1n) is 6.93. The number of hydrogen-bond donors (Lipinski definition) is 1. The van der Waals surface area contributed by atoms with Crippen LogP contribution in [-0.4, -0.2) is 15.8 Å². The van der Waals surface area contributed by atoms with Gasteiger partial charge in [0.15, 0.2) is 0 Å². The van der Waals surface area contributed by atoms with Crippen molar-refractivity contribution in [2.24, 2.45) is 24.6 Å². The molecule has 0 bridgehead atoms. The summed E-state index contributed by atoms with van der Waals surface area (Å²) in [6, 6.07) is 2.38. The summed E-state index contributed by atoms with van der Waals surface area (Å²) in [5.74, 6) is 1.66. The molecule has 1 aromatic heterocycles. The van der Waals surface area contributed by atoms with E-state index in [1.807, 2.05) is 17.9 Å². The van der Waals surface area contributed by atoms with E-state index < -0.39 is 0 Å². The van der Waals surface area contributed by atoms with Crippen LogP contribution in [0.5, 0.6) is 0 Å². The Morgan fingerprint density at radius 1 is 1.41 bits per heavy atom. The van der Waals surface area contributed by atoms with Gasteiger partial charge in [-0.3, -0.25) is 4.68 Å². The number of nitrogens with zero attached hydrogens (tertiary/aromatic N) is 2. The lowest BCUT2D eigenvalue weighted by atomic mass is 9.77. The number of rotatable bonds is 4. The minimum absolute atomic E-state index is 0.294. The van der Waals surface area contributed by atoms with Crippen LogP contribution in [0.1, 0.15) is 44.7 Å². The molecule has 17 heavy (non-hydrogen) atoms. The van der Waals surface area contributed by atoms with E-state index in [0.717, 1.165) is 18.0 Å². The topological polar surface area (TPSA) is 43.8 Å². The Bertz CT molecular complexity index is 337. The zero-order valence-electron chi connectivity index (χ0n) is 11.1. The highest BCUT2D eigenvalue weighted by atomic mass is 15.2. The highest BCUT2D eigenvalue weighted by Crippen LogP contribution is 2.32. The Labute approximate surface area is 104 Å². The zero-order valence-corrected chi connectivity index (χ0v) is 11.1. The second kappa shape index (κ2) is 5.67. The quantitative estimate of drug-likeness (QED) is 0.871. The van der Waals surface area contributed by atoms with Gasteiger partial charge in [0.2, 0.25) is 0 Å². The fraction of sp³-hybridized carbons (Fsp3) is 0.786. The van der Waals surface area contributed by atoms with Crippen LogP contribution in [0.2, 0.25) is 0 Å². The van der Waals surface area contributed by atoms with Crippen molar-refractivity contribution in [2.45, 2.75) is 51.5 Å². The highest BCUT2D eigenvalue weighted by molar-refractivity contribution is 5.02. The van der Waals surface area contributed by atoms with Gasteiger partial charge in [0.25, 0.3) is 0 Å². The molecule has 0 saturated heterocycles. The van der Waals surface area contributed by atoms with Gasteiger partial charge in [-0.25, -0.2) is 0 Å². The van der Waals surface area contributed by atoms with Crippen molar-refractivity contribution in [2.75, 3.05) is 0 Å². The van der Waals surface area contributed by atoms with Gasteiger partial charge in [0, 0.05) is 25.7 Å². The van der Waals surface area contributed by atoms with Gasteiger partial charge < -0.3 is 5.73 Å². The minimum Gasteiger partial charge on any atom is -0.327 e. The molecule has 1 saturated carbocycles. The van der Waals surface area contributed by atoms with Crippen molar-refractivity contribution in [1.82, 2.24) is 9.78 Å². The van der Waals surface area contributed by atoms with E-state index in [0.29, 0.717) is 12.0 Å². The van der Waals surface area contributed by atoms with Crippen LogP contribution in [0.25, 0.3) is 0 Å². The fourth-order valence-corrected chi connectivity index (χ4v) is 3.00. The van der Waals surface area contributed by atoms with Crippen molar-refractivity contribution >= 4 is 0 Å². The maximum absolute atomic E-state index is 6.33. The Hall–Kier alpha value is -0.830. The zero-order chi connectivity index (χ0) is 12.3. The smallest absolute Gasteiger partial charge is 0.0640 e. The van der Waals surface area contributed by atoms with E-state index in [2.05, 4.69) is 18.1 Å². The molecule has 2 N–H and O–H groups in total. The first-order chi connectivity index (χ1) is 8.19. The molecular weight excluding hydrogens is 210 g/mol. The molecule has 3 heteroatoms. The Balaban J connectivity index is 1.82. The predicted octanol–water partition coefficient (Wildman–Crippen LogP) is 2.51. The molecule has 1 atom stereocenters. The van der Waals surface area contributed by atoms with Gasteiger partial charge in [-0.05, 0) is 30.7 Å². The molecule has 96 valence electrons. The number of hydrogen-bond acceptors (Lipinski definition) is 2. The molecule has 0 spiro atoms. The molecule has 1 fully saturated rings. The third kappa shape index (κ3) is 3.32. The number of nitrogens with two attached hydrogens (primary N) is 1. The third-order valence-corrected chi connectivity index (χ3v) is 4.29. The molecule has 3 nitrogen and oxygen atoms in total. The molecule has 1 aliphatic rings. The van der Waals surface area contributed by atoms with Gasteiger partial charge in [0.1, 0.15) is 0 Å². The average Bonchev–Trinajstić information content (AvgIpc) is 2.75. The summed E-state index contributed by atoms with van der Waals surface area (Å²) < 4.78 is 1.86. The molecule has 0 aliphatic heterocycles. The first-order valence-corrected chi connectivity index (χ1v) is 6.93. The van der Waals surface area contributed by atoms with Crippen LogP contribution < -0.4 is 5.73 Å². The van der Waals surface area contributed by atoms with Crippen molar-refractivity contribution < 1.29 is 0 Å². The summed E-state index contributed by atoms with van der Waals surface area (Å²) in [4.78, 5) is 0. The SMILES string of the molecule is CCC1CCC(C(N)Cc2ccn(C)n2)CC1. The maximum atomic E-state index is 6.33. The normalized spacial score (nSPS) is 27.0. The van der Waals surface area contributed by atoms with Crippen LogP contribution in [0.15, 0.2) is 12.3 Å². The lowest BCUT2D eigenvalue weighted by Gasteiger charge is -2.31. The van der Waals surface area contributed by atoms with E-state index in [4.69, 9.17) is 5.73 Å². The van der Waals surface area contributed by atoms with Crippen LogP contribution in [0.4, 0.5) is 0 Å². The van der Waals surface area contributed by atoms with Crippen LogP contribution >= 0.6 is 0 Å². The van der Waals surface area contributed by atoms with E-state index >= 15 is 0 Å². The van der Waals surface area contributed by atoms with Crippen molar-refractivity contribution in [1.29, 1.82) is 0 Å². The van der Waals surface area contributed by atoms with E-state index in [9.17, 15) is 0 Å². The molecule has 1 aliphatic carbocycles. The molecule has 2 rings (SSSR count). The molecule has 0 aromatic carbocycles. The molecular formula is C14H25N3. The van der Waals surface area contributed by atoms with Crippen LogP contribution in [0.3, 0.4) is 0 Å². The molecule has 0 amide bonds. The lowest BCUT2D eigenvalue weighted by Crippen LogP contribution is -2.35.